The summed E-state index contributed by atoms with van der Waals surface area (Å²) in [6.45, 7) is 4.14. The van der Waals surface area contributed by atoms with Gasteiger partial charge in [-0.2, -0.15) is 4.98 Å². The molecule has 1 aromatic heterocycles. The molecule has 10 heteroatoms. The Kier molecular flexibility index (Phi) is 6.86. The highest BCUT2D eigenvalue weighted by Crippen LogP contribution is 2.33. The fraction of sp³-hybridized carbons (Fsp3) is 0.346. The minimum Gasteiger partial charge on any atom is -0.497 e. The number of piperazine rings is 1. The molecular formula is C26H29FN6O3. The summed E-state index contributed by atoms with van der Waals surface area (Å²) >= 11 is 0. The highest BCUT2D eigenvalue weighted by Gasteiger charge is 2.29. The molecule has 0 saturated carbocycles. The summed E-state index contributed by atoms with van der Waals surface area (Å²) in [5.74, 6) is 1.11. The van der Waals surface area contributed by atoms with E-state index in [1.807, 2.05) is 12.1 Å². The second kappa shape index (κ2) is 10.4. The average Bonchev–Trinajstić information content (AvgIpc) is 2.90. The summed E-state index contributed by atoms with van der Waals surface area (Å²) in [6, 6.07) is 13.2. The van der Waals surface area contributed by atoms with Crippen molar-refractivity contribution in [3.8, 4) is 17.4 Å². The van der Waals surface area contributed by atoms with Gasteiger partial charge >= 0.3 is 6.03 Å². The van der Waals surface area contributed by atoms with Gasteiger partial charge in [0.15, 0.2) is 11.6 Å². The van der Waals surface area contributed by atoms with Crippen LogP contribution in [0.2, 0.25) is 0 Å². The lowest BCUT2D eigenvalue weighted by atomic mass is 10.1. The quantitative estimate of drug-likeness (QED) is 0.581. The molecule has 0 atom stereocenters. The summed E-state index contributed by atoms with van der Waals surface area (Å²) in [6.07, 6.45) is 0.539. The summed E-state index contributed by atoms with van der Waals surface area (Å²) in [7, 11) is 3.67. The number of carbonyl (C=O) groups excluding carboxylic acids is 1. The summed E-state index contributed by atoms with van der Waals surface area (Å²) in [5.41, 5.74) is 2.13. The molecule has 0 unspecified atom stereocenters. The number of amides is 2. The molecule has 3 heterocycles. The molecule has 0 radical (unpaired) electrons. The van der Waals surface area contributed by atoms with Gasteiger partial charge in [-0.1, -0.05) is 18.2 Å². The highest BCUT2D eigenvalue weighted by atomic mass is 19.1. The number of methoxy groups -OCH3 is 1. The fourth-order valence-electron chi connectivity index (χ4n) is 4.31. The lowest BCUT2D eigenvalue weighted by Gasteiger charge is -2.34. The lowest BCUT2D eigenvalue weighted by molar-refractivity contribution is 0.204. The van der Waals surface area contributed by atoms with Crippen LogP contribution in [0.3, 0.4) is 0 Å². The highest BCUT2D eigenvalue weighted by molar-refractivity contribution is 5.89. The molecule has 5 rings (SSSR count). The molecule has 9 nitrogen and oxygen atoms in total. The third-order valence-corrected chi connectivity index (χ3v) is 6.45. The van der Waals surface area contributed by atoms with E-state index in [0.29, 0.717) is 35.9 Å². The number of hydrogen-bond donors (Lipinski definition) is 1. The number of fused-ring (bicyclic) bond motifs is 1. The summed E-state index contributed by atoms with van der Waals surface area (Å²) < 4.78 is 25.7. The zero-order chi connectivity index (χ0) is 25.1. The Morgan fingerprint density at radius 3 is 2.61 bits per heavy atom. The molecule has 1 fully saturated rings. The van der Waals surface area contributed by atoms with Crippen LogP contribution in [0.25, 0.3) is 0 Å². The Balaban J connectivity index is 1.42. The number of nitrogens with zero attached hydrogens (tertiary/aromatic N) is 5. The molecule has 0 aliphatic carbocycles. The Bertz CT molecular complexity index is 1250. The first-order chi connectivity index (χ1) is 17.5. The summed E-state index contributed by atoms with van der Waals surface area (Å²) in [5, 5.41) is 2.92. The maximum atomic E-state index is 14.4. The number of benzene rings is 2. The number of ether oxygens (including phenoxy) is 2. The summed E-state index contributed by atoms with van der Waals surface area (Å²) in [4.78, 5) is 28.7. The van der Waals surface area contributed by atoms with Crippen molar-refractivity contribution in [1.82, 2.24) is 19.8 Å². The van der Waals surface area contributed by atoms with Crippen LogP contribution in [0.4, 0.5) is 20.8 Å². The van der Waals surface area contributed by atoms with Gasteiger partial charge in [0.1, 0.15) is 5.75 Å². The molecule has 1 N–H and O–H groups in total. The Morgan fingerprint density at radius 1 is 1.03 bits per heavy atom. The van der Waals surface area contributed by atoms with E-state index in [2.05, 4.69) is 22.2 Å². The number of halogens is 1. The predicted octanol–water partition coefficient (Wildman–Crippen LogP) is 3.76. The first kappa shape index (κ1) is 23.8. The molecule has 0 spiro atoms. The second-order valence-corrected chi connectivity index (χ2v) is 8.91. The first-order valence-corrected chi connectivity index (χ1v) is 12.0. The number of para-hydroxylation sites is 1. The van der Waals surface area contributed by atoms with Crippen molar-refractivity contribution in [3.63, 3.8) is 0 Å². The number of aromatic nitrogens is 2. The third-order valence-electron chi connectivity index (χ3n) is 6.45. The van der Waals surface area contributed by atoms with Gasteiger partial charge in [-0.15, -0.1) is 0 Å². The van der Waals surface area contributed by atoms with Gasteiger partial charge in [-0.3, -0.25) is 0 Å². The van der Waals surface area contributed by atoms with Crippen LogP contribution in [-0.4, -0.2) is 72.7 Å². The first-order valence-electron chi connectivity index (χ1n) is 12.0. The molecule has 36 heavy (non-hydrogen) atoms. The van der Waals surface area contributed by atoms with E-state index >= 15 is 0 Å². The van der Waals surface area contributed by atoms with Crippen molar-refractivity contribution in [2.24, 2.45) is 0 Å². The van der Waals surface area contributed by atoms with Gasteiger partial charge in [-0.25, -0.2) is 14.2 Å². The van der Waals surface area contributed by atoms with Crippen molar-refractivity contribution >= 4 is 17.7 Å². The van der Waals surface area contributed by atoms with Gasteiger partial charge in [0, 0.05) is 50.9 Å². The molecular weight excluding hydrogens is 463 g/mol. The van der Waals surface area contributed by atoms with Gasteiger partial charge in [0.2, 0.25) is 11.8 Å². The van der Waals surface area contributed by atoms with E-state index in [9.17, 15) is 9.18 Å². The number of urea groups is 1. The van der Waals surface area contributed by atoms with Gasteiger partial charge in [-0.05, 0) is 31.3 Å². The monoisotopic (exact) mass is 492 g/mol. The SMILES string of the molecule is COc1cccc(NC(=O)N2CCc3nc(N4CCN(C)CC4)nc(Oc4ccccc4F)c3C2)c1. The molecule has 3 aromatic rings. The van der Waals surface area contributed by atoms with E-state index in [0.717, 1.165) is 31.9 Å². The van der Waals surface area contributed by atoms with Crippen LogP contribution in [-0.2, 0) is 13.0 Å². The molecule has 2 aromatic carbocycles. The molecule has 2 amide bonds. The number of hydrogen-bond acceptors (Lipinski definition) is 7. The van der Waals surface area contributed by atoms with Crippen LogP contribution in [0.1, 0.15) is 11.3 Å². The smallest absolute Gasteiger partial charge is 0.322 e. The molecule has 0 bridgehead atoms. The molecule has 2 aliphatic heterocycles. The number of nitrogens with one attached hydrogen (secondary N) is 1. The van der Waals surface area contributed by atoms with Crippen LogP contribution >= 0.6 is 0 Å². The zero-order valence-electron chi connectivity index (χ0n) is 20.4. The Hall–Kier alpha value is -3.92. The number of carbonyl (C=O) groups is 1. The average molecular weight is 493 g/mol. The van der Waals surface area contributed by atoms with Crippen LogP contribution < -0.4 is 19.7 Å². The maximum absolute atomic E-state index is 14.4. The van der Waals surface area contributed by atoms with Gasteiger partial charge in [0.25, 0.3) is 0 Å². The normalized spacial score (nSPS) is 15.9. The van der Waals surface area contributed by atoms with Gasteiger partial charge < -0.3 is 29.5 Å². The molecule has 2 aliphatic rings. The zero-order valence-corrected chi connectivity index (χ0v) is 20.4. The van der Waals surface area contributed by atoms with Crippen LogP contribution in [0.5, 0.6) is 17.4 Å². The van der Waals surface area contributed by atoms with E-state index < -0.39 is 5.82 Å². The Morgan fingerprint density at radius 2 is 1.83 bits per heavy atom. The van der Waals surface area contributed by atoms with Crippen molar-refractivity contribution in [2.45, 2.75) is 13.0 Å². The van der Waals surface area contributed by atoms with Crippen molar-refractivity contribution in [3.05, 3.63) is 65.6 Å². The predicted molar refractivity (Wildman–Crippen MR) is 134 cm³/mol. The van der Waals surface area contributed by atoms with E-state index in [1.165, 1.54) is 6.07 Å². The Labute approximate surface area is 209 Å². The number of anilines is 2. The van der Waals surface area contributed by atoms with Crippen LogP contribution in [0.15, 0.2) is 48.5 Å². The molecule has 188 valence electrons. The standard InChI is InChI=1S/C26H29FN6O3/c1-31-12-14-32(15-13-31)25-29-22-10-11-33(26(34)28-18-6-5-7-19(16-18)35-2)17-20(22)24(30-25)36-23-9-4-3-8-21(23)27/h3-9,16H,10-15,17H2,1-2H3,(H,28,34). The third kappa shape index (κ3) is 5.18. The molecule has 1 saturated heterocycles. The van der Waals surface area contributed by atoms with E-state index in [1.54, 1.807) is 42.3 Å². The van der Waals surface area contributed by atoms with Crippen molar-refractivity contribution < 1.29 is 18.7 Å². The minimum atomic E-state index is -0.477. The van der Waals surface area contributed by atoms with Crippen molar-refractivity contribution in [1.29, 1.82) is 0 Å². The lowest BCUT2D eigenvalue weighted by Crippen LogP contribution is -2.45. The topological polar surface area (TPSA) is 83.1 Å². The number of rotatable bonds is 5. The fourth-order valence-corrected chi connectivity index (χ4v) is 4.31. The van der Waals surface area contributed by atoms with E-state index in [4.69, 9.17) is 19.4 Å². The largest absolute Gasteiger partial charge is 0.497 e. The van der Waals surface area contributed by atoms with Crippen molar-refractivity contribution in [2.75, 3.05) is 57.1 Å². The van der Waals surface area contributed by atoms with Crippen LogP contribution in [0, 0.1) is 5.82 Å². The van der Waals surface area contributed by atoms with Gasteiger partial charge in [0.05, 0.1) is 24.9 Å². The second-order valence-electron chi connectivity index (χ2n) is 8.91. The maximum Gasteiger partial charge on any atom is 0.322 e. The number of likely N-dealkylation sites (N-methyl/N-ethyl adjacent to an activating group) is 1. The minimum absolute atomic E-state index is 0.0840. The van der Waals surface area contributed by atoms with E-state index in [-0.39, 0.29) is 24.2 Å².